The molecule has 12 heavy (non-hydrogen) atoms. The maximum absolute atomic E-state index is 13.2. The highest BCUT2D eigenvalue weighted by Gasteiger charge is 2.12. The van der Waals surface area contributed by atoms with Gasteiger partial charge in [-0.25, -0.2) is 9.37 Å². The van der Waals surface area contributed by atoms with Crippen LogP contribution in [0.15, 0.2) is 12.3 Å². The largest absolute Gasteiger partial charge is 0.479 e. The van der Waals surface area contributed by atoms with Gasteiger partial charge < -0.3 is 9.84 Å². The van der Waals surface area contributed by atoms with Gasteiger partial charge in [-0.2, -0.15) is 0 Å². The molecule has 0 saturated heterocycles. The van der Waals surface area contributed by atoms with Gasteiger partial charge in [0.1, 0.15) is 0 Å². The molecule has 1 N–H and O–H groups in total. The number of hydrogen-bond donors (Lipinski definition) is 1. The summed E-state index contributed by atoms with van der Waals surface area (Å²) in [5, 5.41) is 9.10. The highest BCUT2D eigenvalue weighted by Crippen LogP contribution is 2.21. The Kier molecular flexibility index (Phi) is 2.60. The van der Waals surface area contributed by atoms with E-state index in [1.165, 1.54) is 26.3 Å². The summed E-state index contributed by atoms with van der Waals surface area (Å²) in [4.78, 5) is 3.63. The van der Waals surface area contributed by atoms with E-state index in [-0.39, 0.29) is 11.4 Å². The summed E-state index contributed by atoms with van der Waals surface area (Å²) in [6.45, 7) is 1.48. The Balaban J connectivity index is 3.14. The number of halogens is 1. The van der Waals surface area contributed by atoms with Gasteiger partial charge >= 0.3 is 0 Å². The van der Waals surface area contributed by atoms with E-state index in [1.54, 1.807) is 0 Å². The molecule has 0 amide bonds. The van der Waals surface area contributed by atoms with E-state index in [4.69, 9.17) is 5.11 Å². The van der Waals surface area contributed by atoms with Crippen LogP contribution in [0, 0.1) is 5.82 Å². The number of aromatic nitrogens is 1. The van der Waals surface area contributed by atoms with E-state index in [1.807, 2.05) is 0 Å². The Morgan fingerprint density at radius 1 is 1.67 bits per heavy atom. The quantitative estimate of drug-likeness (QED) is 0.728. The molecular weight excluding hydrogens is 161 g/mol. The van der Waals surface area contributed by atoms with Crippen molar-refractivity contribution in [2.75, 3.05) is 7.11 Å². The van der Waals surface area contributed by atoms with E-state index in [0.717, 1.165) is 0 Å². The van der Waals surface area contributed by atoms with Crippen molar-refractivity contribution in [1.82, 2.24) is 4.98 Å². The number of hydrogen-bond acceptors (Lipinski definition) is 3. The molecular formula is C8H10FNO2. The van der Waals surface area contributed by atoms with Crippen LogP contribution in [0.25, 0.3) is 0 Å². The molecule has 0 radical (unpaired) electrons. The highest BCUT2D eigenvalue weighted by molar-refractivity contribution is 5.24. The predicted molar refractivity (Wildman–Crippen MR) is 41.4 cm³/mol. The second-order valence-electron chi connectivity index (χ2n) is 2.40. The van der Waals surface area contributed by atoms with Gasteiger partial charge in [-0.05, 0) is 13.0 Å². The zero-order valence-corrected chi connectivity index (χ0v) is 6.91. The zero-order chi connectivity index (χ0) is 9.14. The van der Waals surface area contributed by atoms with Crippen LogP contribution >= 0.6 is 0 Å². The molecule has 0 spiro atoms. The van der Waals surface area contributed by atoms with Crippen molar-refractivity contribution in [1.29, 1.82) is 0 Å². The molecule has 1 aromatic heterocycles. The van der Waals surface area contributed by atoms with Crippen molar-refractivity contribution in [2.45, 2.75) is 13.0 Å². The van der Waals surface area contributed by atoms with E-state index in [2.05, 4.69) is 9.72 Å². The average Bonchev–Trinajstić information content (AvgIpc) is 2.04. The Labute approximate surface area is 69.8 Å². The number of aliphatic hydroxyl groups is 1. The van der Waals surface area contributed by atoms with E-state index < -0.39 is 11.9 Å². The van der Waals surface area contributed by atoms with Gasteiger partial charge in [-0.15, -0.1) is 0 Å². The van der Waals surface area contributed by atoms with Gasteiger partial charge in [0.25, 0.3) is 0 Å². The maximum Gasteiger partial charge on any atom is 0.250 e. The fourth-order valence-corrected chi connectivity index (χ4v) is 0.904. The Hall–Kier alpha value is -1.16. The summed E-state index contributed by atoms with van der Waals surface area (Å²) in [6, 6.07) is 1.42. The topological polar surface area (TPSA) is 42.4 Å². The molecule has 0 saturated carbocycles. The third-order valence-electron chi connectivity index (χ3n) is 1.53. The summed E-state index contributed by atoms with van der Waals surface area (Å²) in [6.07, 6.45) is 0.547. The van der Waals surface area contributed by atoms with Crippen LogP contribution in [0.2, 0.25) is 0 Å². The first-order valence-corrected chi connectivity index (χ1v) is 3.53. The van der Waals surface area contributed by atoms with E-state index in [0.29, 0.717) is 0 Å². The molecule has 3 nitrogen and oxygen atoms in total. The number of ether oxygens (including phenoxy) is 1. The lowest BCUT2D eigenvalue weighted by atomic mass is 10.1. The van der Waals surface area contributed by atoms with Crippen molar-refractivity contribution in [3.05, 3.63) is 23.6 Å². The molecule has 1 heterocycles. The van der Waals surface area contributed by atoms with Gasteiger partial charge in [0.05, 0.1) is 13.2 Å². The molecule has 0 fully saturated rings. The molecule has 4 heteroatoms. The van der Waals surface area contributed by atoms with Crippen LogP contribution in [0.1, 0.15) is 18.6 Å². The normalized spacial score (nSPS) is 12.7. The van der Waals surface area contributed by atoms with Gasteiger partial charge in [-0.1, -0.05) is 0 Å². The third kappa shape index (κ3) is 1.53. The van der Waals surface area contributed by atoms with E-state index in [9.17, 15) is 4.39 Å². The third-order valence-corrected chi connectivity index (χ3v) is 1.53. The molecule has 0 bridgehead atoms. The predicted octanol–water partition coefficient (Wildman–Crippen LogP) is 1.28. The van der Waals surface area contributed by atoms with Crippen LogP contribution in [-0.2, 0) is 0 Å². The number of pyridine rings is 1. The highest BCUT2D eigenvalue weighted by atomic mass is 19.1. The zero-order valence-electron chi connectivity index (χ0n) is 6.91. The first kappa shape index (κ1) is 8.93. The number of methoxy groups -OCH3 is 1. The maximum atomic E-state index is 13.2. The number of rotatable bonds is 2. The molecule has 0 aromatic carbocycles. The van der Waals surface area contributed by atoms with Crippen molar-refractivity contribution in [2.24, 2.45) is 0 Å². The van der Waals surface area contributed by atoms with Crippen LogP contribution in [-0.4, -0.2) is 17.2 Å². The van der Waals surface area contributed by atoms with Crippen LogP contribution in [0.3, 0.4) is 0 Å². The van der Waals surface area contributed by atoms with Gasteiger partial charge in [0.15, 0.2) is 5.82 Å². The molecule has 66 valence electrons. The van der Waals surface area contributed by atoms with Crippen molar-refractivity contribution >= 4 is 0 Å². The minimum Gasteiger partial charge on any atom is -0.479 e. The summed E-state index contributed by atoms with van der Waals surface area (Å²) in [5.41, 5.74) is 0.196. The van der Waals surface area contributed by atoms with Crippen molar-refractivity contribution in [3.63, 3.8) is 0 Å². The Morgan fingerprint density at radius 2 is 2.33 bits per heavy atom. The van der Waals surface area contributed by atoms with Crippen molar-refractivity contribution in [3.8, 4) is 5.88 Å². The molecule has 1 rings (SSSR count). The first-order valence-electron chi connectivity index (χ1n) is 3.53. The van der Waals surface area contributed by atoms with Crippen LogP contribution in [0.4, 0.5) is 4.39 Å². The average molecular weight is 171 g/mol. The summed E-state index contributed by atoms with van der Waals surface area (Å²) < 4.78 is 17.8. The molecule has 1 aromatic rings. The lowest BCUT2D eigenvalue weighted by Crippen LogP contribution is -2.00. The monoisotopic (exact) mass is 171 g/mol. The minimum absolute atomic E-state index is 0.0894. The standard InChI is InChI=1S/C8H10FNO2/c1-5(11)6-3-4-10-8(12-2)7(6)9/h3-5,11H,1-2H3. The van der Waals surface area contributed by atoms with Crippen LogP contribution < -0.4 is 4.74 Å². The van der Waals surface area contributed by atoms with Gasteiger partial charge in [0.2, 0.25) is 5.88 Å². The van der Waals surface area contributed by atoms with Crippen LogP contribution in [0.5, 0.6) is 5.88 Å². The minimum atomic E-state index is -0.845. The summed E-state index contributed by atoms with van der Waals surface area (Å²) in [7, 11) is 1.33. The van der Waals surface area contributed by atoms with Gasteiger partial charge in [-0.3, -0.25) is 0 Å². The molecule has 1 atom stereocenters. The fourth-order valence-electron chi connectivity index (χ4n) is 0.904. The van der Waals surface area contributed by atoms with Crippen molar-refractivity contribution < 1.29 is 14.2 Å². The molecule has 1 unspecified atom stereocenters. The number of aliphatic hydroxyl groups excluding tert-OH is 1. The Bertz CT molecular complexity index is 276. The summed E-state index contributed by atoms with van der Waals surface area (Å²) in [5.74, 6) is -0.691. The fraction of sp³-hybridized carbons (Fsp3) is 0.375. The van der Waals surface area contributed by atoms with Gasteiger partial charge in [0, 0.05) is 11.8 Å². The first-order chi connectivity index (χ1) is 5.66. The molecule has 0 aliphatic carbocycles. The summed E-state index contributed by atoms with van der Waals surface area (Å²) >= 11 is 0. The lowest BCUT2D eigenvalue weighted by molar-refractivity contribution is 0.192. The molecule has 0 aliphatic heterocycles. The Morgan fingerprint density at radius 3 is 2.83 bits per heavy atom. The van der Waals surface area contributed by atoms with E-state index >= 15 is 0 Å². The number of nitrogens with zero attached hydrogens (tertiary/aromatic N) is 1. The lowest BCUT2D eigenvalue weighted by Gasteiger charge is -2.07. The second kappa shape index (κ2) is 3.49. The molecule has 0 aliphatic rings. The SMILES string of the molecule is COc1nccc(C(C)O)c1F. The second-order valence-corrected chi connectivity index (χ2v) is 2.40. The smallest absolute Gasteiger partial charge is 0.250 e.